The Labute approximate surface area is 103 Å². The zero-order chi connectivity index (χ0) is 13.7. The summed E-state index contributed by atoms with van der Waals surface area (Å²) in [6, 6.07) is 0.389. The Morgan fingerprint density at radius 1 is 1.33 bits per heavy atom. The highest BCUT2D eigenvalue weighted by atomic mass is 35.5. The van der Waals surface area contributed by atoms with Crippen LogP contribution in [0.1, 0.15) is 5.56 Å². The van der Waals surface area contributed by atoms with Crippen LogP contribution < -0.4 is 10.6 Å². The third-order valence-electron chi connectivity index (χ3n) is 2.41. The van der Waals surface area contributed by atoms with Crippen LogP contribution in [0.2, 0.25) is 5.02 Å². The van der Waals surface area contributed by atoms with Crippen LogP contribution in [0.5, 0.6) is 0 Å². The van der Waals surface area contributed by atoms with Crippen LogP contribution in [0.25, 0.3) is 0 Å². The van der Waals surface area contributed by atoms with Crippen molar-refractivity contribution in [1.82, 2.24) is 5.32 Å². The maximum Gasteiger partial charge on any atom is 0.441 e. The van der Waals surface area contributed by atoms with E-state index in [-0.39, 0.29) is 0 Å². The molecule has 98 valence electrons. The molecule has 0 radical (unpaired) electrons. The average Bonchev–Trinajstić information content (AvgIpc) is 2.21. The fraction of sp³-hybridized carbons (Fsp3) is 0.222. The second-order valence-electron chi connectivity index (χ2n) is 3.57. The Balaban J connectivity index is 2.75. The zero-order valence-corrected chi connectivity index (χ0v) is 9.16. The van der Waals surface area contributed by atoms with E-state index in [0.29, 0.717) is 0 Å². The Kier molecular flexibility index (Phi) is 2.67. The molecular formula is C9H5ClF4N2O2. The van der Waals surface area contributed by atoms with Crippen molar-refractivity contribution in [3.05, 3.63) is 28.5 Å². The average molecular weight is 285 g/mol. The third kappa shape index (κ3) is 1.68. The number of benzene rings is 1. The molecule has 0 saturated carbocycles. The lowest BCUT2D eigenvalue weighted by Crippen LogP contribution is -2.60. The predicted molar refractivity (Wildman–Crippen MR) is 53.5 cm³/mol. The number of carbonyl (C=O) groups is 1. The predicted octanol–water partition coefficient (Wildman–Crippen LogP) is 2.32. The van der Waals surface area contributed by atoms with Crippen molar-refractivity contribution in [1.29, 1.82) is 0 Å². The van der Waals surface area contributed by atoms with Gasteiger partial charge in [-0.3, -0.25) is 5.32 Å². The Bertz CT molecular complexity index is 534. The first-order chi connectivity index (χ1) is 8.17. The maximum atomic E-state index is 13.2. The van der Waals surface area contributed by atoms with Crippen LogP contribution in [-0.2, 0) is 5.72 Å². The Hall–Kier alpha value is -1.54. The summed E-state index contributed by atoms with van der Waals surface area (Å²) in [6.45, 7) is 0. The molecule has 1 heterocycles. The van der Waals surface area contributed by atoms with Gasteiger partial charge in [0.1, 0.15) is 5.82 Å². The van der Waals surface area contributed by atoms with E-state index in [1.165, 1.54) is 5.32 Å². The van der Waals surface area contributed by atoms with E-state index in [1.54, 1.807) is 0 Å². The van der Waals surface area contributed by atoms with E-state index in [2.05, 4.69) is 0 Å². The first-order valence-electron chi connectivity index (χ1n) is 4.53. The van der Waals surface area contributed by atoms with Gasteiger partial charge in [0.15, 0.2) is 0 Å². The lowest BCUT2D eigenvalue weighted by molar-refractivity contribution is -0.274. The quantitative estimate of drug-likeness (QED) is 0.640. The molecule has 0 fully saturated rings. The highest BCUT2D eigenvalue weighted by molar-refractivity contribution is 6.32. The van der Waals surface area contributed by atoms with E-state index in [4.69, 9.17) is 11.6 Å². The molecule has 1 aromatic carbocycles. The van der Waals surface area contributed by atoms with Gasteiger partial charge in [0.2, 0.25) is 0 Å². The van der Waals surface area contributed by atoms with Crippen molar-refractivity contribution in [2.24, 2.45) is 0 Å². The first kappa shape index (κ1) is 12.9. The summed E-state index contributed by atoms with van der Waals surface area (Å²) < 4.78 is 51.6. The molecule has 1 aliphatic rings. The van der Waals surface area contributed by atoms with Gasteiger partial charge in [0, 0.05) is 0 Å². The van der Waals surface area contributed by atoms with Crippen molar-refractivity contribution in [2.45, 2.75) is 11.9 Å². The number of nitrogens with one attached hydrogen (secondary N) is 2. The molecule has 1 aliphatic heterocycles. The van der Waals surface area contributed by atoms with Crippen molar-refractivity contribution >= 4 is 23.3 Å². The highest BCUT2D eigenvalue weighted by Gasteiger charge is 2.60. The van der Waals surface area contributed by atoms with Gasteiger partial charge >= 0.3 is 12.2 Å². The van der Waals surface area contributed by atoms with Crippen molar-refractivity contribution in [2.75, 3.05) is 5.32 Å². The molecule has 18 heavy (non-hydrogen) atoms. The SMILES string of the molecule is O=C1Nc2ccc(F)c(Cl)c2C(O)(C(F)(F)F)N1. The molecule has 1 aromatic rings. The third-order valence-corrected chi connectivity index (χ3v) is 2.78. The number of carbonyl (C=O) groups excluding carboxylic acids is 1. The number of hydrogen-bond donors (Lipinski definition) is 3. The lowest BCUT2D eigenvalue weighted by atomic mass is 9.97. The number of alkyl halides is 3. The largest absolute Gasteiger partial charge is 0.441 e. The minimum absolute atomic E-state index is 0.412. The second kappa shape index (κ2) is 3.72. The van der Waals surface area contributed by atoms with Crippen molar-refractivity contribution < 1.29 is 27.5 Å². The van der Waals surface area contributed by atoms with Gasteiger partial charge in [-0.25, -0.2) is 9.18 Å². The molecule has 0 saturated heterocycles. The number of aliphatic hydroxyl groups is 1. The normalized spacial score (nSPS) is 23.1. The number of fused-ring (bicyclic) bond motifs is 1. The molecular weight excluding hydrogens is 280 g/mol. The molecule has 0 bridgehead atoms. The molecule has 0 aromatic heterocycles. The number of hydrogen-bond acceptors (Lipinski definition) is 2. The summed E-state index contributed by atoms with van der Waals surface area (Å²) in [4.78, 5) is 11.1. The number of urea groups is 1. The molecule has 0 aliphatic carbocycles. The molecule has 0 spiro atoms. The highest BCUT2D eigenvalue weighted by Crippen LogP contribution is 2.45. The minimum atomic E-state index is -5.25. The Morgan fingerprint density at radius 3 is 2.50 bits per heavy atom. The van der Waals surface area contributed by atoms with Crippen LogP contribution in [0.15, 0.2) is 12.1 Å². The van der Waals surface area contributed by atoms with Crippen molar-refractivity contribution in [3.8, 4) is 0 Å². The monoisotopic (exact) mass is 284 g/mol. The number of amides is 2. The molecule has 2 amide bonds. The maximum absolute atomic E-state index is 13.2. The standard InChI is InChI=1S/C9H5ClF4N2O2/c10-6-3(11)1-2-4-5(6)8(18,9(12,13)14)16-7(17)15-4/h1-2,18H,(H2,15,16,17). The van der Waals surface area contributed by atoms with Gasteiger partial charge in [-0.2, -0.15) is 13.2 Å². The molecule has 1 atom stereocenters. The van der Waals surface area contributed by atoms with Gasteiger partial charge in [-0.05, 0) is 12.1 Å². The minimum Gasteiger partial charge on any atom is -0.360 e. The summed E-state index contributed by atoms with van der Waals surface area (Å²) in [5.41, 5.74) is -5.12. The van der Waals surface area contributed by atoms with Gasteiger partial charge < -0.3 is 10.4 Å². The summed E-state index contributed by atoms with van der Waals surface area (Å²) in [6.07, 6.45) is -5.25. The van der Waals surface area contributed by atoms with E-state index in [1.807, 2.05) is 5.32 Å². The summed E-state index contributed by atoms with van der Waals surface area (Å²) in [5.74, 6) is -1.14. The smallest absolute Gasteiger partial charge is 0.360 e. The molecule has 1 unspecified atom stereocenters. The van der Waals surface area contributed by atoms with Crippen LogP contribution in [-0.4, -0.2) is 17.3 Å². The zero-order valence-electron chi connectivity index (χ0n) is 8.40. The van der Waals surface area contributed by atoms with Gasteiger partial charge in [0.25, 0.3) is 5.72 Å². The molecule has 3 N–H and O–H groups in total. The number of rotatable bonds is 0. The lowest BCUT2D eigenvalue weighted by Gasteiger charge is -2.36. The van der Waals surface area contributed by atoms with E-state index in [0.717, 1.165) is 12.1 Å². The number of anilines is 1. The van der Waals surface area contributed by atoms with Crippen LogP contribution in [0, 0.1) is 5.82 Å². The molecule has 9 heteroatoms. The topological polar surface area (TPSA) is 61.4 Å². The number of halogens is 5. The molecule has 4 nitrogen and oxygen atoms in total. The van der Waals surface area contributed by atoms with E-state index >= 15 is 0 Å². The summed E-state index contributed by atoms with van der Waals surface area (Å²) in [7, 11) is 0. The van der Waals surface area contributed by atoms with Crippen LogP contribution >= 0.6 is 11.6 Å². The van der Waals surface area contributed by atoms with Crippen LogP contribution in [0.4, 0.5) is 28.0 Å². The van der Waals surface area contributed by atoms with Gasteiger partial charge in [-0.15, -0.1) is 0 Å². The van der Waals surface area contributed by atoms with Crippen molar-refractivity contribution in [3.63, 3.8) is 0 Å². The Morgan fingerprint density at radius 2 is 1.94 bits per heavy atom. The van der Waals surface area contributed by atoms with E-state index < -0.39 is 40.0 Å². The first-order valence-corrected chi connectivity index (χ1v) is 4.91. The van der Waals surface area contributed by atoms with Crippen LogP contribution in [0.3, 0.4) is 0 Å². The van der Waals surface area contributed by atoms with Gasteiger partial charge in [0.05, 0.1) is 16.3 Å². The van der Waals surface area contributed by atoms with E-state index in [9.17, 15) is 27.5 Å². The second-order valence-corrected chi connectivity index (χ2v) is 3.95. The fourth-order valence-corrected chi connectivity index (χ4v) is 1.90. The summed E-state index contributed by atoms with van der Waals surface area (Å²) in [5, 5.41) is 12.0. The fourth-order valence-electron chi connectivity index (χ4n) is 1.60. The van der Waals surface area contributed by atoms with Gasteiger partial charge in [-0.1, -0.05) is 11.6 Å². The molecule has 2 rings (SSSR count). The summed E-state index contributed by atoms with van der Waals surface area (Å²) >= 11 is 5.42.